The summed E-state index contributed by atoms with van der Waals surface area (Å²) in [6.45, 7) is 6.00. The molecule has 0 bridgehead atoms. The number of nitrogens with one attached hydrogen (secondary N) is 1. The molecule has 28 heavy (non-hydrogen) atoms. The van der Waals surface area contributed by atoms with Crippen molar-refractivity contribution in [3.63, 3.8) is 0 Å². The fourth-order valence-corrected chi connectivity index (χ4v) is 3.74. The van der Waals surface area contributed by atoms with Crippen molar-refractivity contribution in [3.05, 3.63) is 59.7 Å². The number of aliphatic imine (C=N–C) groups is 1. The molecule has 5 nitrogen and oxygen atoms in total. The van der Waals surface area contributed by atoms with Crippen molar-refractivity contribution < 1.29 is 8.95 Å². The van der Waals surface area contributed by atoms with E-state index in [1.165, 1.54) is 11.1 Å². The summed E-state index contributed by atoms with van der Waals surface area (Å²) in [6.07, 6.45) is 0. The summed E-state index contributed by atoms with van der Waals surface area (Å²) >= 11 is 0. The number of hydrogen-bond acceptors (Lipinski definition) is 3. The van der Waals surface area contributed by atoms with Crippen LogP contribution in [0.3, 0.4) is 0 Å². The Morgan fingerprint density at radius 3 is 2.39 bits per heavy atom. The lowest BCUT2D eigenvalue weighted by atomic mass is 10.1. The van der Waals surface area contributed by atoms with Gasteiger partial charge in [-0.25, -0.2) is 0 Å². The van der Waals surface area contributed by atoms with Crippen LogP contribution in [-0.4, -0.2) is 54.6 Å². The molecule has 2 aromatic carbocycles. The third-order valence-electron chi connectivity index (χ3n) is 4.04. The molecule has 0 radical (unpaired) electrons. The molecule has 1 unspecified atom stereocenters. The maximum Gasteiger partial charge on any atom is 0.193 e. The molecular formula is C21H30IN3O2S. The zero-order valence-corrected chi connectivity index (χ0v) is 20.1. The van der Waals surface area contributed by atoms with Gasteiger partial charge >= 0.3 is 0 Å². The topological polar surface area (TPSA) is 53.9 Å². The summed E-state index contributed by atoms with van der Waals surface area (Å²) in [5.41, 5.74) is 2.39. The van der Waals surface area contributed by atoms with Gasteiger partial charge in [0.25, 0.3) is 0 Å². The molecule has 0 aromatic heterocycles. The van der Waals surface area contributed by atoms with E-state index < -0.39 is 10.8 Å². The first-order valence-electron chi connectivity index (χ1n) is 9.06. The van der Waals surface area contributed by atoms with Gasteiger partial charge in [-0.15, -0.1) is 24.0 Å². The van der Waals surface area contributed by atoms with Gasteiger partial charge in [0.2, 0.25) is 0 Å². The first kappa shape index (κ1) is 24.4. The minimum Gasteiger partial charge on any atom is -0.492 e. The molecule has 0 fully saturated rings. The van der Waals surface area contributed by atoms with Gasteiger partial charge in [0.1, 0.15) is 12.4 Å². The minimum absolute atomic E-state index is 0. The van der Waals surface area contributed by atoms with Gasteiger partial charge < -0.3 is 15.0 Å². The highest BCUT2D eigenvalue weighted by Gasteiger charge is 2.08. The van der Waals surface area contributed by atoms with E-state index in [2.05, 4.69) is 30.2 Å². The average molecular weight is 515 g/mol. The Balaban J connectivity index is 0.00000392. The maximum absolute atomic E-state index is 12.3. The molecule has 0 aliphatic heterocycles. The van der Waals surface area contributed by atoms with Crippen LogP contribution in [0.4, 0.5) is 0 Å². The monoisotopic (exact) mass is 515 g/mol. The number of benzene rings is 2. The van der Waals surface area contributed by atoms with Gasteiger partial charge in [-0.3, -0.25) is 9.20 Å². The lowest BCUT2D eigenvalue weighted by Crippen LogP contribution is -2.42. The molecule has 0 amide bonds. The molecule has 1 N–H and O–H groups in total. The largest absolute Gasteiger partial charge is 0.492 e. The molecule has 0 spiro atoms. The summed E-state index contributed by atoms with van der Waals surface area (Å²) in [5.74, 6) is 2.20. The summed E-state index contributed by atoms with van der Waals surface area (Å²) in [4.78, 5) is 7.15. The SMILES string of the molecule is CN=C(NCCS(=O)c1ccccc1)N(C)CCOc1cc(C)cc(C)c1.I. The molecule has 0 heterocycles. The molecule has 7 heteroatoms. The number of hydrogen-bond donors (Lipinski definition) is 1. The second-order valence-electron chi connectivity index (χ2n) is 6.43. The fourth-order valence-electron chi connectivity index (χ4n) is 2.75. The fraction of sp³-hybridized carbons (Fsp3) is 0.381. The first-order valence-corrected chi connectivity index (χ1v) is 10.4. The lowest BCUT2D eigenvalue weighted by Gasteiger charge is -2.22. The first-order chi connectivity index (χ1) is 13.0. The van der Waals surface area contributed by atoms with Crippen molar-refractivity contribution in [2.45, 2.75) is 18.7 Å². The molecule has 0 saturated carbocycles. The van der Waals surface area contributed by atoms with Crippen molar-refractivity contribution in [2.75, 3.05) is 39.5 Å². The van der Waals surface area contributed by atoms with Gasteiger partial charge in [-0.2, -0.15) is 0 Å². The van der Waals surface area contributed by atoms with Crippen molar-refractivity contribution in [2.24, 2.45) is 4.99 Å². The Kier molecular flexibility index (Phi) is 11.1. The van der Waals surface area contributed by atoms with Crippen molar-refractivity contribution in [1.82, 2.24) is 10.2 Å². The molecule has 2 aromatic rings. The number of aryl methyl sites for hydroxylation is 2. The van der Waals surface area contributed by atoms with Crippen LogP contribution in [0.25, 0.3) is 0 Å². The van der Waals surface area contributed by atoms with Crippen LogP contribution in [-0.2, 0) is 10.8 Å². The van der Waals surface area contributed by atoms with Crippen LogP contribution in [0.15, 0.2) is 58.4 Å². The van der Waals surface area contributed by atoms with Crippen LogP contribution < -0.4 is 10.1 Å². The number of rotatable bonds is 8. The van der Waals surface area contributed by atoms with Gasteiger partial charge in [0, 0.05) is 31.3 Å². The van der Waals surface area contributed by atoms with Crippen LogP contribution in [0.1, 0.15) is 11.1 Å². The molecule has 154 valence electrons. The zero-order valence-electron chi connectivity index (χ0n) is 17.0. The molecule has 0 aliphatic carbocycles. The average Bonchev–Trinajstić information content (AvgIpc) is 2.65. The predicted octanol–water partition coefficient (Wildman–Crippen LogP) is 3.62. The standard InChI is InChI=1S/C21H29N3O2S.HI/c1-17-14-18(2)16-19(15-17)26-12-11-24(4)21(22-3)23-10-13-27(25)20-8-6-5-7-9-20;/h5-9,14-16H,10-13H2,1-4H3,(H,22,23);1H. The van der Waals surface area contributed by atoms with Crippen LogP contribution in [0, 0.1) is 13.8 Å². The summed E-state index contributed by atoms with van der Waals surface area (Å²) in [6, 6.07) is 15.7. The van der Waals surface area contributed by atoms with Crippen LogP contribution in [0.2, 0.25) is 0 Å². The van der Waals surface area contributed by atoms with E-state index >= 15 is 0 Å². The molecular weight excluding hydrogens is 485 g/mol. The minimum atomic E-state index is -1.01. The lowest BCUT2D eigenvalue weighted by molar-refractivity contribution is 0.281. The van der Waals surface area contributed by atoms with Gasteiger partial charge in [-0.05, 0) is 49.2 Å². The second-order valence-corrected chi connectivity index (χ2v) is 8.00. The number of halogens is 1. The van der Waals surface area contributed by atoms with Gasteiger partial charge in [-0.1, -0.05) is 24.3 Å². The number of guanidine groups is 1. The van der Waals surface area contributed by atoms with Crippen LogP contribution >= 0.6 is 24.0 Å². The molecule has 0 aliphatic rings. The Labute approximate surface area is 188 Å². The highest BCUT2D eigenvalue weighted by molar-refractivity contribution is 14.0. The third-order valence-corrected chi connectivity index (χ3v) is 5.41. The van der Waals surface area contributed by atoms with E-state index in [1.807, 2.05) is 54.4 Å². The Morgan fingerprint density at radius 2 is 1.79 bits per heavy atom. The zero-order chi connectivity index (χ0) is 19.6. The smallest absolute Gasteiger partial charge is 0.193 e. The van der Waals surface area contributed by atoms with E-state index in [4.69, 9.17) is 4.74 Å². The molecule has 1 atom stereocenters. The Bertz CT molecular complexity index is 764. The maximum atomic E-state index is 12.3. The summed E-state index contributed by atoms with van der Waals surface area (Å²) in [5, 5.41) is 3.26. The van der Waals surface area contributed by atoms with E-state index in [1.54, 1.807) is 7.05 Å². The normalized spacial score (nSPS) is 12.1. The summed E-state index contributed by atoms with van der Waals surface area (Å²) in [7, 11) is 2.70. The van der Waals surface area contributed by atoms with E-state index in [0.29, 0.717) is 25.4 Å². The molecule has 0 saturated heterocycles. The highest BCUT2D eigenvalue weighted by Crippen LogP contribution is 2.16. The van der Waals surface area contributed by atoms with Gasteiger partial charge in [0.15, 0.2) is 5.96 Å². The second kappa shape index (κ2) is 12.8. The quantitative estimate of drug-likeness (QED) is 0.332. The Hall–Kier alpha value is -1.61. The highest BCUT2D eigenvalue weighted by atomic mass is 127. The Morgan fingerprint density at radius 1 is 1.14 bits per heavy atom. The van der Waals surface area contributed by atoms with E-state index in [0.717, 1.165) is 16.6 Å². The van der Waals surface area contributed by atoms with E-state index in [9.17, 15) is 4.21 Å². The van der Waals surface area contributed by atoms with E-state index in [-0.39, 0.29) is 24.0 Å². The van der Waals surface area contributed by atoms with Crippen molar-refractivity contribution in [1.29, 1.82) is 0 Å². The van der Waals surface area contributed by atoms with Crippen LogP contribution in [0.5, 0.6) is 5.75 Å². The number of ether oxygens (including phenoxy) is 1. The predicted molar refractivity (Wildman–Crippen MR) is 129 cm³/mol. The number of likely N-dealkylation sites (N-methyl/N-ethyl adjacent to an activating group) is 1. The van der Waals surface area contributed by atoms with Crippen molar-refractivity contribution >= 4 is 40.7 Å². The summed E-state index contributed by atoms with van der Waals surface area (Å²) < 4.78 is 18.1. The molecule has 2 rings (SSSR count). The van der Waals surface area contributed by atoms with Gasteiger partial charge in [0.05, 0.1) is 17.3 Å². The number of nitrogens with zero attached hydrogens (tertiary/aromatic N) is 2. The third kappa shape index (κ3) is 8.18. The van der Waals surface area contributed by atoms with Crippen molar-refractivity contribution in [3.8, 4) is 5.75 Å².